The Kier molecular flexibility index (Phi) is 3.68. The summed E-state index contributed by atoms with van der Waals surface area (Å²) >= 11 is 1.59. The monoisotopic (exact) mass is 349 g/mol. The molecule has 0 aliphatic heterocycles. The van der Waals surface area contributed by atoms with Crippen molar-refractivity contribution in [3.8, 4) is 0 Å². The number of thiazole rings is 1. The molecular formula is C17H14F3N3S. The van der Waals surface area contributed by atoms with Crippen LogP contribution in [0.15, 0.2) is 42.0 Å². The van der Waals surface area contributed by atoms with Gasteiger partial charge in [0.15, 0.2) is 0 Å². The van der Waals surface area contributed by atoms with Gasteiger partial charge < -0.3 is 5.32 Å². The average molecular weight is 349 g/mol. The van der Waals surface area contributed by atoms with E-state index in [1.54, 1.807) is 23.6 Å². The van der Waals surface area contributed by atoms with Gasteiger partial charge in [-0.1, -0.05) is 6.07 Å². The number of nitrogens with one attached hydrogen (secondary N) is 1. The van der Waals surface area contributed by atoms with Crippen LogP contribution in [-0.4, -0.2) is 9.97 Å². The molecule has 1 aliphatic rings. The summed E-state index contributed by atoms with van der Waals surface area (Å²) in [5.74, 6) is 0.522. The molecule has 7 heteroatoms. The van der Waals surface area contributed by atoms with Crippen molar-refractivity contribution in [1.82, 2.24) is 9.97 Å². The Bertz CT molecular complexity index is 857. The van der Waals surface area contributed by atoms with Crippen LogP contribution in [0.5, 0.6) is 0 Å². The van der Waals surface area contributed by atoms with Gasteiger partial charge in [0.1, 0.15) is 5.01 Å². The average Bonchev–Trinajstić information content (AvgIpc) is 3.25. The van der Waals surface area contributed by atoms with Crippen molar-refractivity contribution >= 4 is 27.9 Å². The zero-order chi connectivity index (χ0) is 16.7. The van der Waals surface area contributed by atoms with Crippen LogP contribution in [0.3, 0.4) is 0 Å². The van der Waals surface area contributed by atoms with Gasteiger partial charge in [-0.25, -0.2) is 4.98 Å². The Morgan fingerprint density at radius 3 is 2.62 bits per heavy atom. The van der Waals surface area contributed by atoms with Crippen LogP contribution >= 0.6 is 11.3 Å². The summed E-state index contributed by atoms with van der Waals surface area (Å²) in [6.45, 7) is 0. The van der Waals surface area contributed by atoms with Crippen LogP contribution in [0.2, 0.25) is 0 Å². The van der Waals surface area contributed by atoms with E-state index in [1.807, 2.05) is 5.38 Å². The Hall–Kier alpha value is -2.15. The van der Waals surface area contributed by atoms with Crippen molar-refractivity contribution in [2.45, 2.75) is 25.1 Å². The lowest BCUT2D eigenvalue weighted by Gasteiger charge is -2.19. The van der Waals surface area contributed by atoms with Crippen LogP contribution in [0, 0.1) is 5.92 Å². The van der Waals surface area contributed by atoms with Crippen LogP contribution in [0.1, 0.15) is 29.5 Å². The maximum atomic E-state index is 12.9. The van der Waals surface area contributed by atoms with Gasteiger partial charge in [-0.3, -0.25) is 4.98 Å². The number of alkyl halides is 3. The lowest BCUT2D eigenvalue weighted by molar-refractivity contribution is -0.137. The maximum absolute atomic E-state index is 12.9. The van der Waals surface area contributed by atoms with Crippen molar-refractivity contribution < 1.29 is 13.2 Å². The Balaban J connectivity index is 1.71. The topological polar surface area (TPSA) is 37.8 Å². The summed E-state index contributed by atoms with van der Waals surface area (Å²) in [5, 5.41) is 7.10. The minimum absolute atomic E-state index is 0.0953. The Morgan fingerprint density at radius 2 is 1.96 bits per heavy atom. The van der Waals surface area contributed by atoms with Gasteiger partial charge in [-0.05, 0) is 37.0 Å². The van der Waals surface area contributed by atoms with Gasteiger partial charge in [0.05, 0.1) is 17.1 Å². The molecule has 1 atom stereocenters. The molecule has 2 aromatic heterocycles. The number of nitrogens with zero attached hydrogens (tertiary/aromatic N) is 2. The minimum Gasteiger partial charge on any atom is -0.375 e. The van der Waals surface area contributed by atoms with E-state index in [2.05, 4.69) is 15.3 Å². The molecule has 2 heterocycles. The van der Waals surface area contributed by atoms with Crippen LogP contribution in [0.4, 0.5) is 18.9 Å². The molecule has 1 aromatic carbocycles. The fraction of sp³-hybridized carbons (Fsp3) is 0.294. The molecule has 3 nitrogen and oxygen atoms in total. The third kappa shape index (κ3) is 2.96. The molecule has 124 valence electrons. The standard InChI is InChI=1S/C17H14F3N3S/c18-17(19,20)11-3-4-12-13(5-6-21-14(12)9-11)23-15(10-1-2-10)16-22-7-8-24-16/h3-10,15H,1-2H2,(H,21,23). The summed E-state index contributed by atoms with van der Waals surface area (Å²) in [6.07, 6.45) is 1.22. The molecule has 0 radical (unpaired) electrons. The smallest absolute Gasteiger partial charge is 0.375 e. The van der Waals surface area contributed by atoms with E-state index >= 15 is 0 Å². The summed E-state index contributed by atoms with van der Waals surface area (Å²) < 4.78 is 38.6. The summed E-state index contributed by atoms with van der Waals surface area (Å²) in [7, 11) is 0. The number of benzene rings is 1. The van der Waals surface area contributed by atoms with E-state index in [-0.39, 0.29) is 6.04 Å². The van der Waals surface area contributed by atoms with E-state index < -0.39 is 11.7 Å². The highest BCUT2D eigenvalue weighted by Gasteiger charge is 2.34. The van der Waals surface area contributed by atoms with E-state index in [4.69, 9.17) is 0 Å². The van der Waals surface area contributed by atoms with E-state index in [1.165, 1.54) is 12.3 Å². The molecular weight excluding hydrogens is 335 g/mol. The molecule has 3 aromatic rings. The summed E-state index contributed by atoms with van der Waals surface area (Å²) in [4.78, 5) is 8.49. The zero-order valence-corrected chi connectivity index (χ0v) is 13.4. The quantitative estimate of drug-likeness (QED) is 0.697. The number of fused-ring (bicyclic) bond motifs is 1. The number of hydrogen-bond donors (Lipinski definition) is 1. The highest BCUT2D eigenvalue weighted by atomic mass is 32.1. The maximum Gasteiger partial charge on any atom is 0.416 e. The zero-order valence-electron chi connectivity index (χ0n) is 12.5. The van der Waals surface area contributed by atoms with Gasteiger partial charge >= 0.3 is 6.18 Å². The lowest BCUT2D eigenvalue weighted by Crippen LogP contribution is -2.13. The van der Waals surface area contributed by atoms with Crippen molar-refractivity contribution in [3.63, 3.8) is 0 Å². The normalized spacial score (nSPS) is 16.3. The largest absolute Gasteiger partial charge is 0.416 e. The second kappa shape index (κ2) is 5.73. The highest BCUT2D eigenvalue weighted by molar-refractivity contribution is 7.09. The molecule has 24 heavy (non-hydrogen) atoms. The molecule has 0 amide bonds. The molecule has 1 N–H and O–H groups in total. The number of anilines is 1. The molecule has 1 unspecified atom stereocenters. The van der Waals surface area contributed by atoms with Crippen molar-refractivity contribution in [3.05, 3.63) is 52.6 Å². The van der Waals surface area contributed by atoms with Crippen LogP contribution < -0.4 is 5.32 Å². The predicted octanol–water partition coefficient (Wildman–Crippen LogP) is 5.27. The second-order valence-corrected chi connectivity index (χ2v) is 6.84. The van der Waals surface area contributed by atoms with Gasteiger partial charge in [-0.15, -0.1) is 11.3 Å². The van der Waals surface area contributed by atoms with Crippen molar-refractivity contribution in [2.24, 2.45) is 5.92 Å². The first kappa shape index (κ1) is 15.4. The first-order valence-electron chi connectivity index (χ1n) is 7.64. The lowest BCUT2D eigenvalue weighted by atomic mass is 10.1. The Morgan fingerprint density at radius 1 is 1.12 bits per heavy atom. The fourth-order valence-electron chi connectivity index (χ4n) is 2.82. The van der Waals surface area contributed by atoms with E-state index in [0.29, 0.717) is 16.8 Å². The molecule has 1 saturated carbocycles. The molecule has 1 aliphatic carbocycles. The Labute approximate surface area is 140 Å². The van der Waals surface area contributed by atoms with E-state index in [0.717, 1.165) is 35.7 Å². The van der Waals surface area contributed by atoms with Crippen LogP contribution in [0.25, 0.3) is 10.9 Å². The number of aromatic nitrogens is 2. The predicted molar refractivity (Wildman–Crippen MR) is 87.9 cm³/mol. The minimum atomic E-state index is -4.36. The highest BCUT2D eigenvalue weighted by Crippen LogP contribution is 2.44. The number of hydrogen-bond acceptors (Lipinski definition) is 4. The third-order valence-corrected chi connectivity index (χ3v) is 5.05. The van der Waals surface area contributed by atoms with Crippen molar-refractivity contribution in [2.75, 3.05) is 5.32 Å². The molecule has 1 fully saturated rings. The molecule has 0 spiro atoms. The number of rotatable bonds is 4. The van der Waals surface area contributed by atoms with Crippen molar-refractivity contribution in [1.29, 1.82) is 0 Å². The second-order valence-electron chi connectivity index (χ2n) is 5.92. The van der Waals surface area contributed by atoms with Gasteiger partial charge in [0.2, 0.25) is 0 Å². The first-order valence-corrected chi connectivity index (χ1v) is 8.52. The first-order chi connectivity index (χ1) is 11.5. The third-order valence-electron chi connectivity index (χ3n) is 4.19. The molecule has 0 bridgehead atoms. The van der Waals surface area contributed by atoms with Gasteiger partial charge in [-0.2, -0.15) is 13.2 Å². The molecule has 4 rings (SSSR count). The summed E-state index contributed by atoms with van der Waals surface area (Å²) in [5.41, 5.74) is 0.447. The van der Waals surface area contributed by atoms with E-state index in [9.17, 15) is 13.2 Å². The van der Waals surface area contributed by atoms with Crippen LogP contribution in [-0.2, 0) is 6.18 Å². The number of halogens is 3. The summed E-state index contributed by atoms with van der Waals surface area (Å²) in [6, 6.07) is 5.58. The van der Waals surface area contributed by atoms with Gasteiger partial charge in [0.25, 0.3) is 0 Å². The number of pyridine rings is 1. The molecule has 0 saturated heterocycles. The van der Waals surface area contributed by atoms with Gasteiger partial charge in [0, 0.05) is 28.8 Å². The fourth-order valence-corrected chi connectivity index (χ4v) is 3.60. The SMILES string of the molecule is FC(F)(F)c1ccc2c(NC(c3nccs3)C3CC3)ccnc2c1.